The van der Waals surface area contributed by atoms with Crippen LogP contribution in [0.15, 0.2) is 243 Å². The number of benzene rings is 9. The first-order valence-electron chi connectivity index (χ1n) is 27.2. The summed E-state index contributed by atoms with van der Waals surface area (Å²) >= 11 is 0. The molecular weight excluding hydrogens is 977 g/mol. The highest BCUT2D eigenvalue weighted by molar-refractivity contribution is 5.98. The SMILES string of the molecule is Cc1c(C)c(C)c(-c2cccc3ccccc23)c(C)c1C.Cc1ccnn1-c1c(-c2ccccc2)nn(-c2ccccc2)c1-c1ccccc1.Cc1cnn(-c2c(-c3ccccc3)nn(-c3ccccc3)c2-c2ccccc2)c1C. The van der Waals surface area contributed by atoms with E-state index in [9.17, 15) is 0 Å². The molecule has 0 aliphatic carbocycles. The van der Waals surface area contributed by atoms with Crippen LogP contribution in [0.1, 0.15) is 44.8 Å². The summed E-state index contributed by atoms with van der Waals surface area (Å²) in [5, 5.41) is 22.2. The molecule has 0 atom stereocenters. The highest BCUT2D eigenvalue weighted by Crippen LogP contribution is 2.41. The zero-order valence-corrected chi connectivity index (χ0v) is 46.7. The summed E-state index contributed by atoms with van der Waals surface area (Å²) in [5.41, 5.74) is 25.3. The molecule has 8 nitrogen and oxygen atoms in total. The lowest BCUT2D eigenvalue weighted by Gasteiger charge is -2.20. The van der Waals surface area contributed by atoms with Crippen LogP contribution in [0.2, 0.25) is 0 Å². The summed E-state index contributed by atoms with van der Waals surface area (Å²) in [6.45, 7) is 17.5. The van der Waals surface area contributed by atoms with Crippen molar-refractivity contribution in [2.45, 2.75) is 55.4 Å². The molecule has 0 spiro atoms. The summed E-state index contributed by atoms with van der Waals surface area (Å²) < 4.78 is 8.06. The Bertz CT molecular complexity index is 4190. The Labute approximate surface area is 469 Å². The maximum Gasteiger partial charge on any atom is 0.119 e. The second kappa shape index (κ2) is 23.0. The van der Waals surface area contributed by atoms with E-state index >= 15 is 0 Å². The quantitative estimate of drug-likeness (QED) is 0.144. The maximum absolute atomic E-state index is 5.11. The van der Waals surface area contributed by atoms with Crippen LogP contribution >= 0.6 is 0 Å². The summed E-state index contributed by atoms with van der Waals surface area (Å²) in [6.07, 6.45) is 3.75. The van der Waals surface area contributed by atoms with Gasteiger partial charge >= 0.3 is 0 Å². The first-order valence-corrected chi connectivity index (χ1v) is 27.2. The van der Waals surface area contributed by atoms with Gasteiger partial charge in [-0.2, -0.15) is 20.4 Å². The Hall–Kier alpha value is -9.92. The number of aryl methyl sites for hydroxylation is 2. The Morgan fingerprint density at radius 2 is 0.725 bits per heavy atom. The van der Waals surface area contributed by atoms with Gasteiger partial charge in [0.15, 0.2) is 0 Å². The lowest BCUT2D eigenvalue weighted by molar-refractivity contribution is 0.846. The number of hydrogen-bond acceptors (Lipinski definition) is 4. The van der Waals surface area contributed by atoms with Gasteiger partial charge in [-0.1, -0.05) is 200 Å². The number of para-hydroxylation sites is 2. The highest BCUT2D eigenvalue weighted by atomic mass is 15.4. The van der Waals surface area contributed by atoms with Crippen molar-refractivity contribution in [2.24, 2.45) is 0 Å². The molecular formula is C72H64N8. The molecule has 0 fully saturated rings. The molecule has 4 heterocycles. The van der Waals surface area contributed by atoms with Gasteiger partial charge in [0.25, 0.3) is 0 Å². The molecule has 0 saturated carbocycles. The van der Waals surface area contributed by atoms with E-state index in [0.717, 1.165) is 84.7 Å². The number of hydrogen-bond donors (Lipinski definition) is 0. The van der Waals surface area contributed by atoms with Crippen molar-refractivity contribution >= 4 is 10.8 Å². The van der Waals surface area contributed by atoms with Gasteiger partial charge in [0.05, 0.1) is 17.6 Å². The first-order chi connectivity index (χ1) is 39.1. The molecule has 9 aromatic carbocycles. The van der Waals surface area contributed by atoms with Gasteiger partial charge in [0.1, 0.15) is 34.2 Å². The van der Waals surface area contributed by atoms with Crippen molar-refractivity contribution in [3.8, 4) is 78.9 Å². The molecule has 13 aromatic rings. The van der Waals surface area contributed by atoms with Crippen molar-refractivity contribution in [3.05, 3.63) is 288 Å². The van der Waals surface area contributed by atoms with Crippen LogP contribution in [0, 0.1) is 55.4 Å². The molecule has 0 radical (unpaired) electrons. The zero-order chi connectivity index (χ0) is 55.3. The van der Waals surface area contributed by atoms with Crippen molar-refractivity contribution in [3.63, 3.8) is 0 Å². The van der Waals surface area contributed by atoms with Gasteiger partial charge in [-0.25, -0.2) is 18.7 Å². The van der Waals surface area contributed by atoms with E-state index in [4.69, 9.17) is 15.3 Å². The highest BCUT2D eigenvalue weighted by Gasteiger charge is 2.27. The minimum atomic E-state index is 0.903. The van der Waals surface area contributed by atoms with Crippen molar-refractivity contribution in [1.82, 2.24) is 39.1 Å². The molecule has 0 bridgehead atoms. The van der Waals surface area contributed by atoms with Gasteiger partial charge in [0.2, 0.25) is 0 Å². The minimum Gasteiger partial charge on any atom is -0.234 e. The fraction of sp³-hybridized carbons (Fsp3) is 0.111. The van der Waals surface area contributed by atoms with Gasteiger partial charge in [0, 0.05) is 39.8 Å². The lowest BCUT2D eigenvalue weighted by Crippen LogP contribution is -2.04. The Kier molecular flexibility index (Phi) is 15.0. The minimum absolute atomic E-state index is 0.903. The van der Waals surface area contributed by atoms with Crippen LogP contribution in [-0.2, 0) is 0 Å². The average Bonchev–Trinajstić information content (AvgIpc) is 4.41. The third-order valence-corrected chi connectivity index (χ3v) is 15.5. The smallest absolute Gasteiger partial charge is 0.119 e. The predicted octanol–water partition coefficient (Wildman–Crippen LogP) is 17.8. The molecule has 13 rings (SSSR count). The largest absolute Gasteiger partial charge is 0.234 e. The van der Waals surface area contributed by atoms with Crippen LogP contribution in [0.4, 0.5) is 0 Å². The summed E-state index contributed by atoms with van der Waals surface area (Å²) in [6, 6.07) is 79.2. The summed E-state index contributed by atoms with van der Waals surface area (Å²) in [7, 11) is 0. The Balaban J connectivity index is 0.000000129. The average molecular weight is 1040 g/mol. The monoisotopic (exact) mass is 1040 g/mol. The molecule has 0 unspecified atom stereocenters. The van der Waals surface area contributed by atoms with E-state index < -0.39 is 0 Å². The number of fused-ring (bicyclic) bond motifs is 1. The fourth-order valence-electron chi connectivity index (χ4n) is 10.7. The number of rotatable bonds is 9. The molecule has 80 heavy (non-hydrogen) atoms. The van der Waals surface area contributed by atoms with Gasteiger partial charge in [-0.3, -0.25) is 0 Å². The second-order valence-electron chi connectivity index (χ2n) is 20.3. The van der Waals surface area contributed by atoms with E-state index in [1.54, 1.807) is 0 Å². The predicted molar refractivity (Wildman–Crippen MR) is 330 cm³/mol. The molecule has 0 aliphatic heterocycles. The molecule has 0 saturated heterocycles. The van der Waals surface area contributed by atoms with Crippen LogP contribution < -0.4 is 0 Å². The van der Waals surface area contributed by atoms with E-state index in [-0.39, 0.29) is 0 Å². The topological polar surface area (TPSA) is 71.3 Å². The molecule has 4 aromatic heterocycles. The van der Waals surface area contributed by atoms with Crippen molar-refractivity contribution in [2.75, 3.05) is 0 Å². The fourth-order valence-corrected chi connectivity index (χ4v) is 10.7. The molecule has 0 amide bonds. The third kappa shape index (κ3) is 10.1. The number of aromatic nitrogens is 8. The van der Waals surface area contributed by atoms with Crippen LogP contribution in [-0.4, -0.2) is 39.1 Å². The Morgan fingerprint density at radius 3 is 1.16 bits per heavy atom. The van der Waals surface area contributed by atoms with E-state index in [0.29, 0.717) is 0 Å². The van der Waals surface area contributed by atoms with Gasteiger partial charge in [-0.15, -0.1) is 0 Å². The lowest BCUT2D eigenvalue weighted by atomic mass is 9.85. The molecule has 8 heteroatoms. The molecule has 392 valence electrons. The first kappa shape index (κ1) is 52.1. The molecule has 0 N–H and O–H groups in total. The van der Waals surface area contributed by atoms with Crippen molar-refractivity contribution < 1.29 is 0 Å². The second-order valence-corrected chi connectivity index (χ2v) is 20.3. The molecule has 0 aliphatic rings. The van der Waals surface area contributed by atoms with E-state index in [2.05, 4.69) is 200 Å². The van der Waals surface area contributed by atoms with Crippen LogP contribution in [0.25, 0.3) is 89.7 Å². The number of nitrogens with zero attached hydrogens (tertiary/aromatic N) is 8. The van der Waals surface area contributed by atoms with Crippen LogP contribution in [0.3, 0.4) is 0 Å². The van der Waals surface area contributed by atoms with E-state index in [1.165, 1.54) is 49.7 Å². The zero-order valence-electron chi connectivity index (χ0n) is 46.7. The summed E-state index contributed by atoms with van der Waals surface area (Å²) in [4.78, 5) is 0. The Morgan fingerprint density at radius 1 is 0.325 bits per heavy atom. The normalized spacial score (nSPS) is 11.0. The van der Waals surface area contributed by atoms with E-state index in [1.807, 2.05) is 122 Å². The van der Waals surface area contributed by atoms with Crippen LogP contribution in [0.5, 0.6) is 0 Å². The van der Waals surface area contributed by atoms with Gasteiger partial charge in [-0.05, 0) is 141 Å². The standard InChI is InChI=1S/C26H22N4.C25H20N4.C21H22/c1-19-18-27-29(20(19)2)26-24(21-12-6-3-7-13-21)28-30(23-16-10-5-11-17-23)25(26)22-14-8-4-9-15-22;1-19-17-18-26-28(19)25-23(20-11-5-2-6-12-20)27-29(22-15-9-4-10-16-22)24(25)21-13-7-3-8-14-21;1-13-14(2)16(4)21(17(5)15(13)3)20-12-8-10-18-9-6-7-11-19(18)20/h3-18H,1-2H3;2-18H,1H3;6-12H,1-5H3. The summed E-state index contributed by atoms with van der Waals surface area (Å²) in [5.74, 6) is 0. The maximum atomic E-state index is 5.11. The van der Waals surface area contributed by atoms with Crippen molar-refractivity contribution in [1.29, 1.82) is 0 Å². The third-order valence-electron chi connectivity index (χ3n) is 15.5. The van der Waals surface area contributed by atoms with Gasteiger partial charge < -0.3 is 0 Å².